The van der Waals surface area contributed by atoms with Crippen LogP contribution in [0.5, 0.6) is 0 Å². The highest BCUT2D eigenvalue weighted by Crippen LogP contribution is 2.09. The zero-order valence-corrected chi connectivity index (χ0v) is 16.0. The maximum Gasteiger partial charge on any atom is 0.262 e. The van der Waals surface area contributed by atoms with Crippen LogP contribution in [0.1, 0.15) is 29.8 Å². The van der Waals surface area contributed by atoms with Crippen LogP contribution in [-0.4, -0.2) is 24.1 Å². The molecule has 0 radical (unpaired) electrons. The Labute approximate surface area is 159 Å². The van der Waals surface area contributed by atoms with Crippen LogP contribution in [0.2, 0.25) is 0 Å². The van der Waals surface area contributed by atoms with Crippen molar-refractivity contribution in [3.63, 3.8) is 0 Å². The van der Waals surface area contributed by atoms with E-state index in [1.807, 2.05) is 38.1 Å². The smallest absolute Gasteiger partial charge is 0.262 e. The SMILES string of the molecule is CC(C)C(NC(=O)c1ccc(F)cc1)C(=O)NN=Cc1ccc(Br)cc1. The van der Waals surface area contributed by atoms with E-state index < -0.39 is 23.7 Å². The number of amides is 2. The number of carbonyl (C=O) groups is 2. The van der Waals surface area contributed by atoms with Crippen LogP contribution in [0.4, 0.5) is 4.39 Å². The van der Waals surface area contributed by atoms with Crippen molar-refractivity contribution in [3.05, 3.63) is 69.9 Å². The number of hydrogen-bond acceptors (Lipinski definition) is 3. The monoisotopic (exact) mass is 419 g/mol. The van der Waals surface area contributed by atoms with Gasteiger partial charge in [0.05, 0.1) is 6.21 Å². The zero-order chi connectivity index (χ0) is 19.1. The molecule has 7 heteroatoms. The standard InChI is InChI=1S/C19H19BrFN3O2/c1-12(2)17(23-18(25)14-5-9-16(21)10-6-14)19(26)24-22-11-13-3-7-15(20)8-4-13/h3-12,17H,1-2H3,(H,23,25)(H,24,26). The van der Waals surface area contributed by atoms with Crippen molar-refractivity contribution in [2.24, 2.45) is 11.0 Å². The van der Waals surface area contributed by atoms with Crippen LogP contribution < -0.4 is 10.7 Å². The van der Waals surface area contributed by atoms with Gasteiger partial charge in [0.15, 0.2) is 0 Å². The van der Waals surface area contributed by atoms with Crippen LogP contribution in [0.15, 0.2) is 58.1 Å². The van der Waals surface area contributed by atoms with Crippen molar-refractivity contribution < 1.29 is 14.0 Å². The molecule has 0 spiro atoms. The Morgan fingerprint density at radius 2 is 1.69 bits per heavy atom. The Balaban J connectivity index is 1.99. The number of nitrogens with one attached hydrogen (secondary N) is 2. The molecule has 136 valence electrons. The van der Waals surface area contributed by atoms with E-state index in [0.29, 0.717) is 0 Å². The molecular weight excluding hydrogens is 401 g/mol. The highest BCUT2D eigenvalue weighted by Gasteiger charge is 2.24. The molecule has 0 bridgehead atoms. The molecule has 26 heavy (non-hydrogen) atoms. The topological polar surface area (TPSA) is 70.6 Å². The molecule has 2 N–H and O–H groups in total. The molecule has 0 aliphatic heterocycles. The molecule has 0 aliphatic carbocycles. The lowest BCUT2D eigenvalue weighted by Gasteiger charge is -2.20. The lowest BCUT2D eigenvalue weighted by Crippen LogP contribution is -2.48. The van der Waals surface area contributed by atoms with E-state index in [0.717, 1.165) is 10.0 Å². The number of benzene rings is 2. The van der Waals surface area contributed by atoms with E-state index in [2.05, 4.69) is 31.8 Å². The van der Waals surface area contributed by atoms with Crippen LogP contribution in [0.25, 0.3) is 0 Å². The highest BCUT2D eigenvalue weighted by molar-refractivity contribution is 9.10. The van der Waals surface area contributed by atoms with Crippen LogP contribution in [0, 0.1) is 11.7 Å². The average Bonchev–Trinajstić information content (AvgIpc) is 2.61. The minimum Gasteiger partial charge on any atom is -0.340 e. The van der Waals surface area contributed by atoms with Crippen LogP contribution >= 0.6 is 15.9 Å². The van der Waals surface area contributed by atoms with Crippen molar-refractivity contribution in [1.82, 2.24) is 10.7 Å². The van der Waals surface area contributed by atoms with Gasteiger partial charge in [-0.25, -0.2) is 9.82 Å². The summed E-state index contributed by atoms with van der Waals surface area (Å²) in [4.78, 5) is 24.6. The first-order valence-electron chi connectivity index (χ1n) is 8.01. The third-order valence-electron chi connectivity index (χ3n) is 3.60. The fourth-order valence-electron chi connectivity index (χ4n) is 2.15. The van der Waals surface area contributed by atoms with E-state index in [9.17, 15) is 14.0 Å². The summed E-state index contributed by atoms with van der Waals surface area (Å²) in [5.41, 5.74) is 3.54. The van der Waals surface area contributed by atoms with Crippen LogP contribution in [-0.2, 0) is 4.79 Å². The largest absolute Gasteiger partial charge is 0.340 e. The van der Waals surface area contributed by atoms with E-state index >= 15 is 0 Å². The van der Waals surface area contributed by atoms with Gasteiger partial charge in [-0.1, -0.05) is 41.9 Å². The van der Waals surface area contributed by atoms with E-state index in [1.165, 1.54) is 30.5 Å². The summed E-state index contributed by atoms with van der Waals surface area (Å²) in [5.74, 6) is -1.45. The van der Waals surface area contributed by atoms with Gasteiger partial charge in [-0.15, -0.1) is 0 Å². The first-order chi connectivity index (χ1) is 12.4. The predicted octanol–water partition coefficient (Wildman–Crippen LogP) is 3.49. The van der Waals surface area contributed by atoms with E-state index in [-0.39, 0.29) is 11.5 Å². The number of hydrogen-bond donors (Lipinski definition) is 2. The lowest BCUT2D eigenvalue weighted by molar-refractivity contribution is -0.123. The number of hydrazone groups is 1. The van der Waals surface area contributed by atoms with Crippen molar-refractivity contribution in [3.8, 4) is 0 Å². The number of halogens is 2. The maximum atomic E-state index is 13.0. The summed E-state index contributed by atoms with van der Waals surface area (Å²) in [7, 11) is 0. The fourth-order valence-corrected chi connectivity index (χ4v) is 2.41. The Morgan fingerprint density at radius 3 is 2.27 bits per heavy atom. The second kappa shape index (κ2) is 9.24. The van der Waals surface area contributed by atoms with Crippen LogP contribution in [0.3, 0.4) is 0 Å². The van der Waals surface area contributed by atoms with Gasteiger partial charge in [-0.05, 0) is 47.9 Å². The van der Waals surface area contributed by atoms with Crippen molar-refractivity contribution >= 4 is 34.0 Å². The van der Waals surface area contributed by atoms with Crippen molar-refractivity contribution in [1.29, 1.82) is 0 Å². The summed E-state index contributed by atoms with van der Waals surface area (Å²) < 4.78 is 13.9. The molecule has 0 aromatic heterocycles. The molecule has 2 rings (SSSR count). The average molecular weight is 420 g/mol. The Kier molecular flexibility index (Phi) is 7.03. The summed E-state index contributed by atoms with van der Waals surface area (Å²) in [6, 6.07) is 11.8. The molecule has 1 atom stereocenters. The normalized spacial score (nSPS) is 12.2. The van der Waals surface area contributed by atoms with Gasteiger partial charge < -0.3 is 5.32 Å². The quantitative estimate of drug-likeness (QED) is 0.555. The second-order valence-electron chi connectivity index (χ2n) is 5.99. The summed E-state index contributed by atoms with van der Waals surface area (Å²) in [6.45, 7) is 3.63. The summed E-state index contributed by atoms with van der Waals surface area (Å²) in [5, 5.41) is 6.58. The molecule has 0 saturated heterocycles. The van der Waals surface area contributed by atoms with Crippen molar-refractivity contribution in [2.45, 2.75) is 19.9 Å². The third kappa shape index (κ3) is 5.77. The van der Waals surface area contributed by atoms with Crippen molar-refractivity contribution in [2.75, 3.05) is 0 Å². The molecule has 0 saturated carbocycles. The third-order valence-corrected chi connectivity index (χ3v) is 4.13. The first kappa shape index (κ1) is 19.8. The number of nitrogens with zero attached hydrogens (tertiary/aromatic N) is 1. The van der Waals surface area contributed by atoms with Gasteiger partial charge in [0.2, 0.25) is 0 Å². The Bertz CT molecular complexity index is 789. The molecule has 5 nitrogen and oxygen atoms in total. The van der Waals surface area contributed by atoms with E-state index in [4.69, 9.17) is 0 Å². The fraction of sp³-hybridized carbons (Fsp3) is 0.211. The Hall–Kier alpha value is -2.54. The maximum absolute atomic E-state index is 13.0. The molecular formula is C19H19BrFN3O2. The second-order valence-corrected chi connectivity index (χ2v) is 6.90. The van der Waals surface area contributed by atoms with Gasteiger partial charge in [-0.3, -0.25) is 9.59 Å². The highest BCUT2D eigenvalue weighted by atomic mass is 79.9. The molecule has 0 heterocycles. The number of rotatable bonds is 6. The first-order valence-corrected chi connectivity index (χ1v) is 8.81. The molecule has 2 amide bonds. The van der Waals surface area contributed by atoms with Gasteiger partial charge in [0.1, 0.15) is 11.9 Å². The minimum absolute atomic E-state index is 0.151. The van der Waals surface area contributed by atoms with E-state index in [1.54, 1.807) is 0 Å². The number of carbonyl (C=O) groups excluding carboxylic acids is 2. The van der Waals surface area contributed by atoms with Gasteiger partial charge in [0.25, 0.3) is 11.8 Å². The summed E-state index contributed by atoms with van der Waals surface area (Å²) in [6.07, 6.45) is 1.52. The molecule has 2 aromatic carbocycles. The molecule has 0 fully saturated rings. The zero-order valence-electron chi connectivity index (χ0n) is 14.4. The van der Waals surface area contributed by atoms with Gasteiger partial charge in [0, 0.05) is 10.0 Å². The predicted molar refractivity (Wildman–Crippen MR) is 102 cm³/mol. The molecule has 0 aliphatic rings. The van der Waals surface area contributed by atoms with Gasteiger partial charge in [-0.2, -0.15) is 5.10 Å². The molecule has 1 unspecified atom stereocenters. The lowest BCUT2D eigenvalue weighted by atomic mass is 10.0. The minimum atomic E-state index is -0.769. The summed E-state index contributed by atoms with van der Waals surface area (Å²) >= 11 is 3.34. The molecule has 2 aromatic rings. The van der Waals surface area contributed by atoms with Gasteiger partial charge >= 0.3 is 0 Å². The Morgan fingerprint density at radius 1 is 1.08 bits per heavy atom.